The van der Waals surface area contributed by atoms with E-state index < -0.39 is 12.0 Å². The maximum Gasteiger partial charge on any atom is 0.326 e. The topological polar surface area (TPSA) is 57.6 Å². The average Bonchev–Trinajstić information content (AvgIpc) is 2.78. The molecule has 0 aromatic carbocycles. The molecule has 0 radical (unpaired) electrons. The number of fused-ring (bicyclic) bond motifs is 1. The van der Waals surface area contributed by atoms with Crippen molar-refractivity contribution < 1.29 is 14.7 Å². The van der Waals surface area contributed by atoms with E-state index in [2.05, 4.69) is 0 Å². The Balaban J connectivity index is 2.04. The quantitative estimate of drug-likeness (QED) is 0.788. The fourth-order valence-corrected chi connectivity index (χ4v) is 3.97. The molecule has 0 bridgehead atoms. The third kappa shape index (κ3) is 3.25. The first kappa shape index (κ1) is 14.7. The summed E-state index contributed by atoms with van der Waals surface area (Å²) in [5.41, 5.74) is 0. The van der Waals surface area contributed by atoms with Crippen LogP contribution in [0.4, 0.5) is 0 Å². The average molecular weight is 285 g/mol. The molecule has 2 aliphatic rings. The number of hydrogen-bond donors (Lipinski definition) is 1. The van der Waals surface area contributed by atoms with E-state index in [1.165, 1.54) is 6.42 Å². The van der Waals surface area contributed by atoms with Crippen LogP contribution in [0.15, 0.2) is 0 Å². The van der Waals surface area contributed by atoms with Gasteiger partial charge in [0.05, 0.1) is 0 Å². The Morgan fingerprint density at radius 3 is 2.74 bits per heavy atom. The number of carbonyl (C=O) groups excluding carboxylic acids is 1. The standard InChI is InChI=1S/C14H23NO3S/c1-19-8-4-7-13(16)15-11-6-3-2-5-10(11)9-12(15)14(17)18/h10-12H,2-9H2,1H3,(H,17,18)/t10-,11-,12-/m0/s1. The molecule has 4 nitrogen and oxygen atoms in total. The maximum atomic E-state index is 12.3. The molecule has 1 saturated carbocycles. The van der Waals surface area contributed by atoms with Crippen molar-refractivity contribution in [2.24, 2.45) is 5.92 Å². The van der Waals surface area contributed by atoms with Crippen LogP contribution in [0, 0.1) is 5.92 Å². The van der Waals surface area contributed by atoms with Crippen molar-refractivity contribution >= 4 is 23.6 Å². The minimum absolute atomic E-state index is 0.0517. The lowest BCUT2D eigenvalue weighted by Gasteiger charge is -2.33. The number of rotatable bonds is 5. The number of carbonyl (C=O) groups is 2. The molecule has 0 spiro atoms. The highest BCUT2D eigenvalue weighted by Crippen LogP contribution is 2.40. The molecule has 2 fully saturated rings. The summed E-state index contributed by atoms with van der Waals surface area (Å²) in [6.45, 7) is 0. The molecular formula is C14H23NO3S. The van der Waals surface area contributed by atoms with Crippen LogP contribution in [0.2, 0.25) is 0 Å². The molecule has 2 rings (SSSR count). The van der Waals surface area contributed by atoms with Gasteiger partial charge in [-0.3, -0.25) is 4.79 Å². The van der Waals surface area contributed by atoms with Crippen LogP contribution in [0.3, 0.4) is 0 Å². The van der Waals surface area contributed by atoms with Gasteiger partial charge in [-0.2, -0.15) is 11.8 Å². The highest BCUT2D eigenvalue weighted by molar-refractivity contribution is 7.98. The monoisotopic (exact) mass is 285 g/mol. The first-order valence-corrected chi connectivity index (χ1v) is 8.57. The number of nitrogens with zero attached hydrogens (tertiary/aromatic N) is 1. The lowest BCUT2D eigenvalue weighted by molar-refractivity contribution is -0.149. The zero-order valence-corrected chi connectivity index (χ0v) is 12.3. The molecule has 1 heterocycles. The van der Waals surface area contributed by atoms with Crippen molar-refractivity contribution in [1.82, 2.24) is 4.90 Å². The number of aliphatic carboxylic acids is 1. The van der Waals surface area contributed by atoms with Gasteiger partial charge < -0.3 is 10.0 Å². The molecular weight excluding hydrogens is 262 g/mol. The van der Waals surface area contributed by atoms with Crippen molar-refractivity contribution in [3.05, 3.63) is 0 Å². The third-order valence-electron chi connectivity index (χ3n) is 4.40. The zero-order chi connectivity index (χ0) is 13.8. The normalized spacial score (nSPS) is 30.2. The minimum Gasteiger partial charge on any atom is -0.480 e. The van der Waals surface area contributed by atoms with Gasteiger partial charge in [-0.1, -0.05) is 12.8 Å². The van der Waals surface area contributed by atoms with Crippen LogP contribution in [-0.4, -0.2) is 46.0 Å². The highest BCUT2D eigenvalue weighted by atomic mass is 32.2. The van der Waals surface area contributed by atoms with E-state index in [1.807, 2.05) is 6.26 Å². The molecule has 3 atom stereocenters. The summed E-state index contributed by atoms with van der Waals surface area (Å²) in [6, 6.07) is -0.383. The molecule has 0 aromatic heterocycles. The lowest BCUT2D eigenvalue weighted by Crippen LogP contribution is -2.46. The molecule has 0 unspecified atom stereocenters. The summed E-state index contributed by atoms with van der Waals surface area (Å²) in [7, 11) is 0. The molecule has 5 heteroatoms. The van der Waals surface area contributed by atoms with Crippen LogP contribution in [0.25, 0.3) is 0 Å². The highest BCUT2D eigenvalue weighted by Gasteiger charge is 2.47. The fourth-order valence-electron chi connectivity index (χ4n) is 3.54. The Bertz CT molecular complexity index is 348. The van der Waals surface area contributed by atoms with Crippen molar-refractivity contribution in [2.45, 2.75) is 57.0 Å². The van der Waals surface area contributed by atoms with Gasteiger partial charge in [-0.25, -0.2) is 4.79 Å². The molecule has 1 aliphatic heterocycles. The van der Waals surface area contributed by atoms with Gasteiger partial charge in [0.2, 0.25) is 5.91 Å². The predicted molar refractivity (Wildman–Crippen MR) is 76.2 cm³/mol. The first-order chi connectivity index (χ1) is 9.15. The second kappa shape index (κ2) is 6.64. The van der Waals surface area contributed by atoms with Crippen molar-refractivity contribution in [2.75, 3.05) is 12.0 Å². The van der Waals surface area contributed by atoms with E-state index in [1.54, 1.807) is 16.7 Å². The molecule has 1 amide bonds. The summed E-state index contributed by atoms with van der Waals surface area (Å²) < 4.78 is 0. The SMILES string of the molecule is CSCCCC(=O)N1[C@H](C(=O)O)C[C@@H]2CCCC[C@@H]21. The molecule has 19 heavy (non-hydrogen) atoms. The third-order valence-corrected chi connectivity index (χ3v) is 5.10. The van der Waals surface area contributed by atoms with Crippen molar-refractivity contribution in [1.29, 1.82) is 0 Å². The van der Waals surface area contributed by atoms with Crippen LogP contribution < -0.4 is 0 Å². The fraction of sp³-hybridized carbons (Fsp3) is 0.857. The van der Waals surface area contributed by atoms with Crippen LogP contribution >= 0.6 is 11.8 Å². The van der Waals surface area contributed by atoms with Crippen LogP contribution in [0.5, 0.6) is 0 Å². The predicted octanol–water partition coefficient (Wildman–Crippen LogP) is 2.37. The van der Waals surface area contributed by atoms with E-state index in [4.69, 9.17) is 0 Å². The van der Waals surface area contributed by atoms with E-state index in [0.29, 0.717) is 18.8 Å². The van der Waals surface area contributed by atoms with E-state index in [0.717, 1.165) is 31.4 Å². The van der Waals surface area contributed by atoms with Crippen LogP contribution in [-0.2, 0) is 9.59 Å². The Labute approximate surface area is 118 Å². The summed E-state index contributed by atoms with van der Waals surface area (Å²) >= 11 is 1.73. The second-order valence-electron chi connectivity index (χ2n) is 5.60. The molecule has 0 aromatic rings. The Hall–Kier alpha value is -0.710. The Morgan fingerprint density at radius 1 is 1.32 bits per heavy atom. The number of thioether (sulfide) groups is 1. The van der Waals surface area contributed by atoms with Crippen LogP contribution in [0.1, 0.15) is 44.9 Å². The number of carboxylic acids is 1. The van der Waals surface area contributed by atoms with E-state index in [9.17, 15) is 14.7 Å². The lowest BCUT2D eigenvalue weighted by atomic mass is 9.84. The van der Waals surface area contributed by atoms with Gasteiger partial charge in [0.15, 0.2) is 0 Å². The second-order valence-corrected chi connectivity index (χ2v) is 6.58. The van der Waals surface area contributed by atoms with Gasteiger partial charge in [-0.15, -0.1) is 0 Å². The summed E-state index contributed by atoms with van der Waals surface area (Å²) in [6.07, 6.45) is 8.41. The summed E-state index contributed by atoms with van der Waals surface area (Å²) in [5.74, 6) is 0.605. The van der Waals surface area contributed by atoms with Gasteiger partial charge in [0, 0.05) is 12.5 Å². The maximum absolute atomic E-state index is 12.3. The van der Waals surface area contributed by atoms with E-state index in [-0.39, 0.29) is 11.9 Å². The van der Waals surface area contributed by atoms with Gasteiger partial charge in [0.1, 0.15) is 6.04 Å². The summed E-state index contributed by atoms with van der Waals surface area (Å²) in [5, 5.41) is 9.35. The minimum atomic E-state index is -0.826. The number of likely N-dealkylation sites (tertiary alicyclic amines) is 1. The molecule has 1 aliphatic carbocycles. The zero-order valence-electron chi connectivity index (χ0n) is 11.5. The van der Waals surface area contributed by atoms with Gasteiger partial charge >= 0.3 is 5.97 Å². The van der Waals surface area contributed by atoms with Gasteiger partial charge in [0.25, 0.3) is 0 Å². The molecule has 1 N–H and O–H groups in total. The van der Waals surface area contributed by atoms with Gasteiger partial charge in [-0.05, 0) is 43.6 Å². The largest absolute Gasteiger partial charge is 0.480 e. The Kier molecular flexibility index (Phi) is 5.13. The number of hydrogen-bond acceptors (Lipinski definition) is 3. The smallest absolute Gasteiger partial charge is 0.326 e. The first-order valence-electron chi connectivity index (χ1n) is 7.18. The number of carboxylic acid groups (broad SMARTS) is 1. The number of amides is 1. The molecule has 108 valence electrons. The Morgan fingerprint density at radius 2 is 2.05 bits per heavy atom. The van der Waals surface area contributed by atoms with E-state index >= 15 is 0 Å². The summed E-state index contributed by atoms with van der Waals surface area (Å²) in [4.78, 5) is 25.4. The van der Waals surface area contributed by atoms with Crippen molar-refractivity contribution in [3.8, 4) is 0 Å². The molecule has 1 saturated heterocycles. The van der Waals surface area contributed by atoms with Crippen molar-refractivity contribution in [3.63, 3.8) is 0 Å².